The van der Waals surface area contributed by atoms with Crippen LogP contribution in [0.1, 0.15) is 18.0 Å². The van der Waals surface area contributed by atoms with E-state index in [0.717, 1.165) is 17.7 Å². The number of tetrazole rings is 1. The Morgan fingerprint density at radius 2 is 1.81 bits per heavy atom. The SMILES string of the molecule is O=C(CSc1nnnn1-c1ccccc1)N1C=CCC1c1ccccc1. The van der Waals surface area contributed by atoms with Gasteiger partial charge in [0.25, 0.3) is 0 Å². The van der Waals surface area contributed by atoms with Gasteiger partial charge in [-0.1, -0.05) is 66.4 Å². The molecule has 4 rings (SSSR count). The molecule has 0 saturated heterocycles. The van der Waals surface area contributed by atoms with Crippen molar-refractivity contribution >= 4 is 17.7 Å². The molecule has 0 aliphatic carbocycles. The highest BCUT2D eigenvalue weighted by Gasteiger charge is 2.26. The lowest BCUT2D eigenvalue weighted by Crippen LogP contribution is -2.28. The molecule has 1 amide bonds. The van der Waals surface area contributed by atoms with E-state index in [4.69, 9.17) is 0 Å². The summed E-state index contributed by atoms with van der Waals surface area (Å²) in [7, 11) is 0. The molecule has 0 bridgehead atoms. The molecule has 1 aromatic heterocycles. The van der Waals surface area contributed by atoms with Crippen LogP contribution < -0.4 is 0 Å². The molecule has 3 aromatic rings. The quantitative estimate of drug-likeness (QED) is 0.651. The van der Waals surface area contributed by atoms with E-state index in [1.165, 1.54) is 11.8 Å². The maximum Gasteiger partial charge on any atom is 0.237 e. The first-order valence-electron chi connectivity index (χ1n) is 8.32. The van der Waals surface area contributed by atoms with Gasteiger partial charge in [-0.2, -0.15) is 4.68 Å². The standard InChI is InChI=1S/C19H17N5OS/c25-18(23-13-7-12-17(23)15-8-3-1-4-9-15)14-26-19-20-21-22-24(19)16-10-5-2-6-11-16/h1-11,13,17H,12,14H2. The number of hydrogen-bond acceptors (Lipinski definition) is 5. The first-order valence-corrected chi connectivity index (χ1v) is 9.31. The number of nitrogens with zero attached hydrogens (tertiary/aromatic N) is 5. The molecule has 1 atom stereocenters. The van der Waals surface area contributed by atoms with Gasteiger partial charge in [0.2, 0.25) is 11.1 Å². The van der Waals surface area contributed by atoms with E-state index >= 15 is 0 Å². The zero-order valence-corrected chi connectivity index (χ0v) is 14.8. The van der Waals surface area contributed by atoms with E-state index in [-0.39, 0.29) is 17.7 Å². The number of aromatic nitrogens is 4. The third-order valence-electron chi connectivity index (χ3n) is 4.20. The van der Waals surface area contributed by atoms with E-state index in [2.05, 4.69) is 27.7 Å². The van der Waals surface area contributed by atoms with Crippen LogP contribution in [0, 0.1) is 0 Å². The number of hydrogen-bond donors (Lipinski definition) is 0. The Labute approximate surface area is 155 Å². The summed E-state index contributed by atoms with van der Waals surface area (Å²) >= 11 is 1.34. The number of thioether (sulfide) groups is 1. The molecular formula is C19H17N5OS. The predicted molar refractivity (Wildman–Crippen MR) is 99.7 cm³/mol. The molecule has 0 spiro atoms. The summed E-state index contributed by atoms with van der Waals surface area (Å²) in [5.41, 5.74) is 2.01. The second-order valence-corrected chi connectivity index (χ2v) is 6.79. The minimum absolute atomic E-state index is 0.0419. The van der Waals surface area contributed by atoms with Crippen LogP contribution in [0.4, 0.5) is 0 Å². The normalized spacial score (nSPS) is 16.2. The number of carbonyl (C=O) groups is 1. The zero-order chi connectivity index (χ0) is 17.8. The van der Waals surface area contributed by atoms with Gasteiger partial charge in [-0.25, -0.2) is 0 Å². The third-order valence-corrected chi connectivity index (χ3v) is 5.10. The van der Waals surface area contributed by atoms with E-state index in [1.54, 1.807) is 9.58 Å². The molecule has 26 heavy (non-hydrogen) atoms. The fourth-order valence-electron chi connectivity index (χ4n) is 2.95. The molecule has 0 radical (unpaired) electrons. The van der Waals surface area contributed by atoms with Crippen molar-refractivity contribution in [2.75, 3.05) is 5.75 Å². The molecule has 7 heteroatoms. The summed E-state index contributed by atoms with van der Waals surface area (Å²) < 4.78 is 1.65. The van der Waals surface area contributed by atoms with Gasteiger partial charge in [0.15, 0.2) is 0 Å². The first kappa shape index (κ1) is 16.5. The summed E-state index contributed by atoms with van der Waals surface area (Å²) in [6.07, 6.45) is 4.75. The lowest BCUT2D eigenvalue weighted by atomic mass is 10.0. The maximum atomic E-state index is 12.7. The lowest BCUT2D eigenvalue weighted by molar-refractivity contribution is -0.127. The Balaban J connectivity index is 1.45. The molecule has 2 heterocycles. The van der Waals surface area contributed by atoms with Crippen molar-refractivity contribution in [2.45, 2.75) is 17.6 Å². The summed E-state index contributed by atoms with van der Waals surface area (Å²) in [5.74, 6) is 0.321. The summed E-state index contributed by atoms with van der Waals surface area (Å²) in [6, 6.07) is 19.8. The molecule has 1 unspecified atom stereocenters. The summed E-state index contributed by atoms with van der Waals surface area (Å²) in [4.78, 5) is 14.6. The van der Waals surface area contributed by atoms with E-state index in [0.29, 0.717) is 5.16 Å². The second kappa shape index (κ2) is 7.53. The van der Waals surface area contributed by atoms with Crippen LogP contribution in [0.15, 0.2) is 78.1 Å². The fraction of sp³-hybridized carbons (Fsp3) is 0.158. The average Bonchev–Trinajstić information content (AvgIpc) is 3.37. The monoisotopic (exact) mass is 363 g/mol. The van der Waals surface area contributed by atoms with Crippen molar-refractivity contribution in [2.24, 2.45) is 0 Å². The largest absolute Gasteiger partial charge is 0.311 e. The number of rotatable bonds is 5. The van der Waals surface area contributed by atoms with Crippen molar-refractivity contribution in [1.29, 1.82) is 0 Å². The van der Waals surface area contributed by atoms with E-state index in [1.807, 2.05) is 60.8 Å². The predicted octanol–water partition coefficient (Wildman–Crippen LogP) is 3.24. The Hall–Kier alpha value is -2.93. The van der Waals surface area contributed by atoms with Gasteiger partial charge in [-0.3, -0.25) is 4.79 Å². The van der Waals surface area contributed by atoms with Crippen molar-refractivity contribution in [1.82, 2.24) is 25.1 Å². The highest BCUT2D eigenvalue weighted by molar-refractivity contribution is 7.99. The highest BCUT2D eigenvalue weighted by Crippen LogP contribution is 2.31. The Morgan fingerprint density at radius 3 is 2.58 bits per heavy atom. The highest BCUT2D eigenvalue weighted by atomic mass is 32.2. The van der Waals surface area contributed by atoms with Crippen LogP contribution in [0.2, 0.25) is 0 Å². The van der Waals surface area contributed by atoms with Crippen LogP contribution >= 0.6 is 11.8 Å². The third kappa shape index (κ3) is 3.39. The van der Waals surface area contributed by atoms with E-state index < -0.39 is 0 Å². The second-order valence-electron chi connectivity index (χ2n) is 5.85. The summed E-state index contributed by atoms with van der Waals surface area (Å²) in [5, 5.41) is 12.4. The van der Waals surface area contributed by atoms with Gasteiger partial charge in [-0.15, -0.1) is 5.10 Å². The van der Waals surface area contributed by atoms with Crippen LogP contribution in [-0.2, 0) is 4.79 Å². The lowest BCUT2D eigenvalue weighted by Gasteiger charge is -2.24. The van der Waals surface area contributed by atoms with Crippen molar-refractivity contribution in [3.05, 3.63) is 78.5 Å². The van der Waals surface area contributed by atoms with Crippen molar-refractivity contribution in [3.8, 4) is 5.69 Å². The number of amides is 1. The Morgan fingerprint density at radius 1 is 1.08 bits per heavy atom. The van der Waals surface area contributed by atoms with Gasteiger partial charge < -0.3 is 4.90 Å². The van der Waals surface area contributed by atoms with Crippen LogP contribution in [0.5, 0.6) is 0 Å². The molecule has 130 valence electrons. The molecule has 0 saturated carbocycles. The van der Waals surface area contributed by atoms with Gasteiger partial charge in [0, 0.05) is 6.20 Å². The Kier molecular flexibility index (Phi) is 4.79. The van der Waals surface area contributed by atoms with Gasteiger partial charge in [0.1, 0.15) is 0 Å². The smallest absolute Gasteiger partial charge is 0.237 e. The fourth-order valence-corrected chi connectivity index (χ4v) is 3.71. The molecule has 6 nitrogen and oxygen atoms in total. The van der Waals surface area contributed by atoms with Crippen LogP contribution in [0.3, 0.4) is 0 Å². The van der Waals surface area contributed by atoms with Gasteiger partial charge in [-0.05, 0) is 34.5 Å². The minimum Gasteiger partial charge on any atom is -0.311 e. The average molecular weight is 363 g/mol. The van der Waals surface area contributed by atoms with Crippen LogP contribution in [0.25, 0.3) is 5.69 Å². The molecular weight excluding hydrogens is 346 g/mol. The van der Waals surface area contributed by atoms with Gasteiger partial charge >= 0.3 is 0 Å². The number of carbonyl (C=O) groups excluding carboxylic acids is 1. The number of benzene rings is 2. The summed E-state index contributed by atoms with van der Waals surface area (Å²) in [6.45, 7) is 0. The number of para-hydroxylation sites is 1. The molecule has 2 aromatic carbocycles. The van der Waals surface area contributed by atoms with Gasteiger partial charge in [0.05, 0.1) is 17.5 Å². The molecule has 1 aliphatic heterocycles. The van der Waals surface area contributed by atoms with Crippen LogP contribution in [-0.4, -0.2) is 36.8 Å². The molecule has 0 N–H and O–H groups in total. The topological polar surface area (TPSA) is 63.9 Å². The first-order chi connectivity index (χ1) is 12.8. The molecule has 0 fully saturated rings. The Bertz CT molecular complexity index is 910. The van der Waals surface area contributed by atoms with E-state index in [9.17, 15) is 4.79 Å². The maximum absolute atomic E-state index is 12.7. The minimum atomic E-state index is 0.0419. The molecule has 1 aliphatic rings. The zero-order valence-electron chi connectivity index (χ0n) is 14.0. The van der Waals surface area contributed by atoms with Crippen molar-refractivity contribution < 1.29 is 4.79 Å². The van der Waals surface area contributed by atoms with Crippen molar-refractivity contribution in [3.63, 3.8) is 0 Å².